The molecule has 0 saturated carbocycles. The van der Waals surface area contributed by atoms with E-state index in [2.05, 4.69) is 18.3 Å². The zero-order valence-electron chi connectivity index (χ0n) is 13.1. The summed E-state index contributed by atoms with van der Waals surface area (Å²) in [5, 5.41) is 19.7. The van der Waals surface area contributed by atoms with E-state index in [1.54, 1.807) is 16.7 Å². The molecule has 1 fully saturated rings. The lowest BCUT2D eigenvalue weighted by atomic mass is 9.74. The minimum absolute atomic E-state index is 0.524. The van der Waals surface area contributed by atoms with Gasteiger partial charge in [0, 0.05) is 27.9 Å². The number of halogens is 1. The van der Waals surface area contributed by atoms with Crippen LogP contribution < -0.4 is 0 Å². The third-order valence-electron chi connectivity index (χ3n) is 4.42. The standard InChI is InChI=1S/C19H16ClN3S/c20-15-5-7-16(8-6-15)24-18-4-2-1-3-17(18)19(13-21)9-11-23(14-22)12-10-19/h1-8H,9-12H2. The van der Waals surface area contributed by atoms with E-state index in [0.29, 0.717) is 31.0 Å². The molecule has 0 unspecified atom stereocenters. The van der Waals surface area contributed by atoms with E-state index in [0.717, 1.165) is 15.4 Å². The van der Waals surface area contributed by atoms with Crippen LogP contribution in [0.25, 0.3) is 0 Å². The summed E-state index contributed by atoms with van der Waals surface area (Å²) in [7, 11) is 0. The largest absolute Gasteiger partial charge is 0.311 e. The summed E-state index contributed by atoms with van der Waals surface area (Å²) in [6.45, 7) is 1.26. The molecule has 0 amide bonds. The number of likely N-dealkylation sites (tertiary alicyclic amines) is 1. The molecule has 2 aromatic carbocycles. The van der Waals surface area contributed by atoms with Gasteiger partial charge in [-0.1, -0.05) is 41.6 Å². The summed E-state index contributed by atoms with van der Waals surface area (Å²) in [5.74, 6) is 0. The van der Waals surface area contributed by atoms with Gasteiger partial charge >= 0.3 is 0 Å². The third-order valence-corrected chi connectivity index (χ3v) is 5.75. The lowest BCUT2D eigenvalue weighted by Crippen LogP contribution is -2.40. The second-order valence-electron chi connectivity index (χ2n) is 5.83. The summed E-state index contributed by atoms with van der Waals surface area (Å²) >= 11 is 7.61. The molecule has 0 aromatic heterocycles. The molecule has 0 aliphatic carbocycles. The van der Waals surface area contributed by atoms with Crippen LogP contribution in [0, 0.1) is 22.8 Å². The van der Waals surface area contributed by atoms with Gasteiger partial charge in [0.15, 0.2) is 6.19 Å². The Morgan fingerprint density at radius 2 is 1.67 bits per heavy atom. The average molecular weight is 354 g/mol. The van der Waals surface area contributed by atoms with Crippen molar-refractivity contribution in [2.24, 2.45) is 0 Å². The second kappa shape index (κ2) is 7.18. The first-order chi connectivity index (χ1) is 11.7. The summed E-state index contributed by atoms with van der Waals surface area (Å²) in [4.78, 5) is 3.91. The zero-order chi connectivity index (χ0) is 17.0. The molecule has 24 heavy (non-hydrogen) atoms. The Bertz CT molecular complexity index is 797. The smallest absolute Gasteiger partial charge is 0.179 e. The summed E-state index contributed by atoms with van der Waals surface area (Å²) < 4.78 is 0. The molecule has 0 radical (unpaired) electrons. The highest BCUT2D eigenvalue weighted by Gasteiger charge is 2.38. The normalized spacial score (nSPS) is 16.2. The van der Waals surface area contributed by atoms with Gasteiger partial charge in [0.25, 0.3) is 0 Å². The summed E-state index contributed by atoms with van der Waals surface area (Å²) in [6, 6.07) is 18.3. The van der Waals surface area contributed by atoms with Crippen LogP contribution in [0.4, 0.5) is 0 Å². The zero-order valence-corrected chi connectivity index (χ0v) is 14.6. The molecule has 0 atom stereocenters. The molecule has 2 aromatic rings. The van der Waals surface area contributed by atoms with Crippen molar-refractivity contribution < 1.29 is 0 Å². The Kier molecular flexibility index (Phi) is 5.00. The van der Waals surface area contributed by atoms with Crippen LogP contribution in [-0.4, -0.2) is 18.0 Å². The minimum atomic E-state index is -0.524. The predicted octanol–water partition coefficient (Wildman–Crippen LogP) is 4.83. The van der Waals surface area contributed by atoms with E-state index in [-0.39, 0.29) is 0 Å². The fourth-order valence-electron chi connectivity index (χ4n) is 3.01. The summed E-state index contributed by atoms with van der Waals surface area (Å²) in [5.41, 5.74) is 0.536. The SMILES string of the molecule is N#CN1CCC(C#N)(c2ccccc2Sc2ccc(Cl)cc2)CC1. The van der Waals surface area contributed by atoms with Gasteiger partial charge in [0.05, 0.1) is 11.5 Å². The molecular formula is C19H16ClN3S. The van der Waals surface area contributed by atoms with E-state index in [9.17, 15) is 5.26 Å². The fraction of sp³-hybridized carbons (Fsp3) is 0.263. The number of nitrogens with zero attached hydrogens (tertiary/aromatic N) is 3. The van der Waals surface area contributed by atoms with Crippen LogP contribution in [0.2, 0.25) is 5.02 Å². The van der Waals surface area contributed by atoms with Gasteiger partial charge in [-0.05, 0) is 48.7 Å². The van der Waals surface area contributed by atoms with Crippen molar-refractivity contribution in [2.75, 3.05) is 13.1 Å². The first kappa shape index (κ1) is 16.7. The molecule has 3 rings (SSSR count). The van der Waals surface area contributed by atoms with Gasteiger partial charge in [0.1, 0.15) is 0 Å². The molecule has 0 spiro atoms. The van der Waals surface area contributed by atoms with Gasteiger partial charge in [0.2, 0.25) is 0 Å². The Labute approximate surface area is 151 Å². The van der Waals surface area contributed by atoms with Crippen molar-refractivity contribution in [3.05, 3.63) is 59.1 Å². The predicted molar refractivity (Wildman–Crippen MR) is 95.7 cm³/mol. The van der Waals surface area contributed by atoms with Crippen molar-refractivity contribution in [1.29, 1.82) is 10.5 Å². The molecule has 5 heteroatoms. The quantitative estimate of drug-likeness (QED) is 0.741. The van der Waals surface area contributed by atoms with Crippen molar-refractivity contribution in [2.45, 2.75) is 28.0 Å². The van der Waals surface area contributed by atoms with Crippen LogP contribution in [0.5, 0.6) is 0 Å². The lowest BCUT2D eigenvalue weighted by molar-refractivity contribution is 0.253. The lowest BCUT2D eigenvalue weighted by Gasteiger charge is -2.36. The molecule has 1 saturated heterocycles. The van der Waals surface area contributed by atoms with E-state index < -0.39 is 5.41 Å². The number of rotatable bonds is 3. The van der Waals surface area contributed by atoms with Crippen LogP contribution in [-0.2, 0) is 5.41 Å². The Morgan fingerprint density at radius 3 is 2.29 bits per heavy atom. The van der Waals surface area contributed by atoms with Gasteiger partial charge in [-0.3, -0.25) is 0 Å². The Balaban J connectivity index is 1.92. The maximum absolute atomic E-state index is 9.90. The van der Waals surface area contributed by atoms with E-state index in [1.165, 1.54) is 0 Å². The molecular weight excluding hydrogens is 338 g/mol. The van der Waals surface area contributed by atoms with E-state index in [4.69, 9.17) is 16.9 Å². The average Bonchev–Trinajstić information content (AvgIpc) is 2.64. The topological polar surface area (TPSA) is 50.8 Å². The van der Waals surface area contributed by atoms with Gasteiger partial charge in [-0.2, -0.15) is 10.5 Å². The van der Waals surface area contributed by atoms with Crippen LogP contribution in [0.15, 0.2) is 58.3 Å². The molecule has 1 aliphatic heterocycles. The first-order valence-electron chi connectivity index (χ1n) is 7.76. The number of piperidine rings is 1. The fourth-order valence-corrected chi connectivity index (χ4v) is 4.18. The number of nitriles is 2. The van der Waals surface area contributed by atoms with Crippen molar-refractivity contribution >= 4 is 23.4 Å². The van der Waals surface area contributed by atoms with Crippen LogP contribution in [0.3, 0.4) is 0 Å². The molecule has 0 bridgehead atoms. The van der Waals surface area contributed by atoms with Gasteiger partial charge in [-0.25, -0.2) is 0 Å². The van der Waals surface area contributed by atoms with Crippen LogP contribution >= 0.6 is 23.4 Å². The highest BCUT2D eigenvalue weighted by atomic mass is 35.5. The van der Waals surface area contributed by atoms with Crippen molar-refractivity contribution in [1.82, 2.24) is 4.90 Å². The Morgan fingerprint density at radius 1 is 1.00 bits per heavy atom. The molecule has 120 valence electrons. The van der Waals surface area contributed by atoms with Crippen LogP contribution in [0.1, 0.15) is 18.4 Å². The van der Waals surface area contributed by atoms with Gasteiger partial charge in [-0.15, -0.1) is 0 Å². The minimum Gasteiger partial charge on any atom is -0.311 e. The molecule has 1 aliphatic rings. The second-order valence-corrected chi connectivity index (χ2v) is 7.38. The van der Waals surface area contributed by atoms with E-state index >= 15 is 0 Å². The van der Waals surface area contributed by atoms with Crippen molar-refractivity contribution in [3.8, 4) is 12.3 Å². The molecule has 1 heterocycles. The van der Waals surface area contributed by atoms with Gasteiger partial charge < -0.3 is 4.90 Å². The Hall–Kier alpha value is -2.14. The summed E-state index contributed by atoms with van der Waals surface area (Å²) in [6.07, 6.45) is 3.53. The molecule has 3 nitrogen and oxygen atoms in total. The highest BCUT2D eigenvalue weighted by Crippen LogP contribution is 2.42. The number of hydrogen-bond donors (Lipinski definition) is 0. The van der Waals surface area contributed by atoms with E-state index in [1.807, 2.05) is 42.5 Å². The number of benzene rings is 2. The number of hydrogen-bond acceptors (Lipinski definition) is 4. The van der Waals surface area contributed by atoms with Crippen molar-refractivity contribution in [3.63, 3.8) is 0 Å². The highest BCUT2D eigenvalue weighted by molar-refractivity contribution is 7.99. The monoisotopic (exact) mass is 353 g/mol. The molecule has 0 N–H and O–H groups in total. The maximum Gasteiger partial charge on any atom is 0.179 e. The maximum atomic E-state index is 9.90. The first-order valence-corrected chi connectivity index (χ1v) is 8.95. The third kappa shape index (κ3) is 3.36.